The van der Waals surface area contributed by atoms with Crippen molar-refractivity contribution in [1.82, 2.24) is 0 Å². The quantitative estimate of drug-likeness (QED) is 0.633. The second kappa shape index (κ2) is 6.14. The molecule has 0 fully saturated rings. The first-order chi connectivity index (χ1) is 9.20. The zero-order valence-corrected chi connectivity index (χ0v) is 11.2. The van der Waals surface area contributed by atoms with Gasteiger partial charge in [0.1, 0.15) is 5.75 Å². The minimum absolute atomic E-state index is 0.710. The molecule has 0 aliphatic rings. The lowest BCUT2D eigenvalue weighted by molar-refractivity contribution is 0.311. The summed E-state index contributed by atoms with van der Waals surface area (Å²) in [6.45, 7) is 2.85. The molecular formula is C16H20N2O. The highest BCUT2D eigenvalue weighted by atomic mass is 16.5. The van der Waals surface area contributed by atoms with E-state index in [0.717, 1.165) is 35.4 Å². The Morgan fingerprint density at radius 1 is 0.947 bits per heavy atom. The number of nitrogens with two attached hydrogens (primary N) is 2. The van der Waals surface area contributed by atoms with Crippen LogP contribution in [0, 0.1) is 0 Å². The van der Waals surface area contributed by atoms with E-state index in [-0.39, 0.29) is 0 Å². The van der Waals surface area contributed by atoms with E-state index < -0.39 is 0 Å². The molecule has 0 saturated carbocycles. The van der Waals surface area contributed by atoms with E-state index in [2.05, 4.69) is 6.92 Å². The van der Waals surface area contributed by atoms with Crippen LogP contribution >= 0.6 is 0 Å². The third-order valence-corrected chi connectivity index (χ3v) is 2.98. The fraction of sp³-hybridized carbons (Fsp3) is 0.250. The number of unbranched alkanes of at least 4 members (excludes halogenated alkanes) is 1. The summed E-state index contributed by atoms with van der Waals surface area (Å²) in [4.78, 5) is 0. The summed E-state index contributed by atoms with van der Waals surface area (Å²) in [5, 5.41) is 0. The number of hydrogen-bond donors (Lipinski definition) is 2. The molecule has 19 heavy (non-hydrogen) atoms. The minimum Gasteiger partial charge on any atom is -0.493 e. The minimum atomic E-state index is 0.710. The van der Waals surface area contributed by atoms with E-state index in [4.69, 9.17) is 16.2 Å². The van der Waals surface area contributed by atoms with Crippen molar-refractivity contribution in [3.63, 3.8) is 0 Å². The lowest BCUT2D eigenvalue weighted by Gasteiger charge is -2.12. The van der Waals surface area contributed by atoms with Crippen molar-refractivity contribution < 1.29 is 4.74 Å². The topological polar surface area (TPSA) is 61.3 Å². The highest BCUT2D eigenvalue weighted by Gasteiger charge is 2.07. The molecule has 0 heterocycles. The van der Waals surface area contributed by atoms with Crippen LogP contribution in [-0.4, -0.2) is 6.61 Å². The van der Waals surface area contributed by atoms with Crippen molar-refractivity contribution in [2.75, 3.05) is 18.1 Å². The van der Waals surface area contributed by atoms with E-state index in [9.17, 15) is 0 Å². The second-order valence-electron chi connectivity index (χ2n) is 4.58. The fourth-order valence-corrected chi connectivity index (χ4v) is 1.89. The average molecular weight is 256 g/mol. The van der Waals surface area contributed by atoms with Crippen LogP contribution in [0.4, 0.5) is 11.4 Å². The predicted molar refractivity (Wildman–Crippen MR) is 81.1 cm³/mol. The Labute approximate surface area is 114 Å². The van der Waals surface area contributed by atoms with Crippen molar-refractivity contribution in [2.45, 2.75) is 19.8 Å². The molecule has 3 nitrogen and oxygen atoms in total. The fourth-order valence-electron chi connectivity index (χ4n) is 1.89. The Kier molecular flexibility index (Phi) is 4.29. The second-order valence-corrected chi connectivity index (χ2v) is 4.58. The maximum Gasteiger partial charge on any atom is 0.129 e. The zero-order valence-electron chi connectivity index (χ0n) is 11.2. The van der Waals surface area contributed by atoms with Crippen LogP contribution in [0.15, 0.2) is 42.5 Å². The Balaban J connectivity index is 2.30. The predicted octanol–water partition coefficient (Wildman–Crippen LogP) is 3.70. The lowest BCUT2D eigenvalue weighted by Crippen LogP contribution is -1.99. The third kappa shape index (κ3) is 3.41. The Bertz CT molecular complexity index is 535. The first-order valence-electron chi connectivity index (χ1n) is 6.59. The Hall–Kier alpha value is -2.16. The molecule has 2 aromatic carbocycles. The van der Waals surface area contributed by atoms with Gasteiger partial charge in [0.15, 0.2) is 0 Å². The molecule has 4 N–H and O–H groups in total. The van der Waals surface area contributed by atoms with Crippen LogP contribution in [0.3, 0.4) is 0 Å². The third-order valence-electron chi connectivity index (χ3n) is 2.98. The van der Waals surface area contributed by atoms with E-state index in [1.54, 1.807) is 0 Å². The van der Waals surface area contributed by atoms with Gasteiger partial charge in [0, 0.05) is 23.0 Å². The van der Waals surface area contributed by atoms with Crippen LogP contribution in [-0.2, 0) is 0 Å². The highest BCUT2D eigenvalue weighted by molar-refractivity contribution is 5.74. The molecule has 0 radical (unpaired) electrons. The normalized spacial score (nSPS) is 10.4. The van der Waals surface area contributed by atoms with Gasteiger partial charge in [0.25, 0.3) is 0 Å². The van der Waals surface area contributed by atoms with Crippen LogP contribution in [0.25, 0.3) is 11.1 Å². The molecule has 0 saturated heterocycles. The van der Waals surface area contributed by atoms with Crippen LogP contribution in [0.2, 0.25) is 0 Å². The first kappa shape index (κ1) is 13.3. The maximum atomic E-state index is 5.83. The van der Waals surface area contributed by atoms with Crippen molar-refractivity contribution in [2.24, 2.45) is 0 Å². The molecule has 0 aliphatic carbocycles. The molecule has 100 valence electrons. The largest absolute Gasteiger partial charge is 0.493 e. The SMILES string of the molecule is CCCCOc1cc(N)ccc1-c1ccc(N)cc1. The first-order valence-corrected chi connectivity index (χ1v) is 6.59. The van der Waals surface area contributed by atoms with Gasteiger partial charge in [-0.1, -0.05) is 25.5 Å². The van der Waals surface area contributed by atoms with E-state index >= 15 is 0 Å². The van der Waals surface area contributed by atoms with Gasteiger partial charge in [-0.05, 0) is 36.2 Å². The summed E-state index contributed by atoms with van der Waals surface area (Å²) in [6.07, 6.45) is 2.15. The molecule has 0 aliphatic heterocycles. The van der Waals surface area contributed by atoms with Gasteiger partial charge in [-0.3, -0.25) is 0 Å². The molecular weight excluding hydrogens is 236 g/mol. The highest BCUT2D eigenvalue weighted by Crippen LogP contribution is 2.32. The van der Waals surface area contributed by atoms with E-state index in [0.29, 0.717) is 12.3 Å². The van der Waals surface area contributed by atoms with Crippen molar-refractivity contribution in [1.29, 1.82) is 0 Å². The van der Waals surface area contributed by atoms with Crippen LogP contribution < -0.4 is 16.2 Å². The molecule has 0 aromatic heterocycles. The lowest BCUT2D eigenvalue weighted by atomic mass is 10.0. The standard InChI is InChI=1S/C16H20N2O/c1-2-3-10-19-16-11-14(18)8-9-15(16)12-4-6-13(17)7-5-12/h4-9,11H,2-3,10,17-18H2,1H3. The summed E-state index contributed by atoms with van der Waals surface area (Å²) < 4.78 is 5.83. The number of anilines is 2. The van der Waals surface area contributed by atoms with Gasteiger partial charge in [-0.25, -0.2) is 0 Å². The molecule has 3 heteroatoms. The Morgan fingerprint density at radius 3 is 2.32 bits per heavy atom. The smallest absolute Gasteiger partial charge is 0.129 e. The van der Waals surface area contributed by atoms with E-state index in [1.165, 1.54) is 0 Å². The van der Waals surface area contributed by atoms with Gasteiger partial charge in [-0.2, -0.15) is 0 Å². The molecule has 2 rings (SSSR count). The summed E-state index contributed by atoms with van der Waals surface area (Å²) >= 11 is 0. The average Bonchev–Trinajstić information content (AvgIpc) is 2.41. The summed E-state index contributed by atoms with van der Waals surface area (Å²) in [6, 6.07) is 13.5. The number of ether oxygens (including phenoxy) is 1. The molecule has 0 spiro atoms. The number of hydrogen-bond acceptors (Lipinski definition) is 3. The number of rotatable bonds is 5. The van der Waals surface area contributed by atoms with Gasteiger partial charge >= 0.3 is 0 Å². The van der Waals surface area contributed by atoms with Gasteiger partial charge in [0.2, 0.25) is 0 Å². The van der Waals surface area contributed by atoms with E-state index in [1.807, 2.05) is 42.5 Å². The monoisotopic (exact) mass is 256 g/mol. The van der Waals surface area contributed by atoms with Crippen molar-refractivity contribution in [3.05, 3.63) is 42.5 Å². The van der Waals surface area contributed by atoms with Crippen molar-refractivity contribution >= 4 is 11.4 Å². The molecule has 0 bridgehead atoms. The van der Waals surface area contributed by atoms with Gasteiger partial charge in [0.05, 0.1) is 6.61 Å². The van der Waals surface area contributed by atoms with Crippen molar-refractivity contribution in [3.8, 4) is 16.9 Å². The number of nitrogen functional groups attached to an aromatic ring is 2. The summed E-state index contributed by atoms with van der Waals surface area (Å²) in [5.74, 6) is 0.832. The van der Waals surface area contributed by atoms with Crippen LogP contribution in [0.5, 0.6) is 5.75 Å². The Morgan fingerprint density at radius 2 is 1.63 bits per heavy atom. The number of benzene rings is 2. The summed E-state index contributed by atoms with van der Waals surface area (Å²) in [5.41, 5.74) is 15.1. The molecule has 0 unspecified atom stereocenters. The maximum absolute atomic E-state index is 5.83. The molecule has 0 atom stereocenters. The van der Waals surface area contributed by atoms with Gasteiger partial charge in [-0.15, -0.1) is 0 Å². The zero-order chi connectivity index (χ0) is 13.7. The van der Waals surface area contributed by atoms with Crippen LogP contribution in [0.1, 0.15) is 19.8 Å². The van der Waals surface area contributed by atoms with Gasteiger partial charge < -0.3 is 16.2 Å². The molecule has 0 amide bonds. The molecule has 2 aromatic rings. The summed E-state index contributed by atoms with van der Waals surface area (Å²) in [7, 11) is 0.